The molecule has 11 heteroatoms. The zero-order chi connectivity index (χ0) is 87.6. The number of aromatic nitrogens is 8. The van der Waals surface area contributed by atoms with Crippen LogP contribution >= 0.6 is 0 Å². The van der Waals surface area contributed by atoms with E-state index in [1.54, 1.807) is 0 Å². The van der Waals surface area contributed by atoms with Crippen molar-refractivity contribution in [2.75, 3.05) is 0 Å². The summed E-state index contributed by atoms with van der Waals surface area (Å²) in [5.41, 5.74) is 30.0. The minimum absolute atomic E-state index is 0.808. The van der Waals surface area contributed by atoms with Crippen molar-refractivity contribution in [3.05, 3.63) is 461 Å². The van der Waals surface area contributed by atoms with Crippen LogP contribution in [0.25, 0.3) is 222 Å². The van der Waals surface area contributed by atoms with Gasteiger partial charge in [0.15, 0.2) is 34.5 Å². The Bertz CT molecular complexity index is 8890. The zero-order valence-corrected chi connectivity index (χ0v) is 71.7. The molecule has 0 amide bonds. The van der Waals surface area contributed by atoms with Gasteiger partial charge in [-0.2, -0.15) is 0 Å². The molecule has 0 bridgehead atoms. The first-order chi connectivity index (χ1) is 65.8. The average Bonchev–Trinajstić information content (AvgIpc) is 1.60. The summed E-state index contributed by atoms with van der Waals surface area (Å²) in [5, 5.41) is 9.90. The highest BCUT2D eigenvalue weighted by atomic mass is 16.5. The number of rotatable bonds is 11. The number of hydrogen-bond donors (Lipinski definition) is 0. The van der Waals surface area contributed by atoms with Gasteiger partial charge in [-0.15, -0.1) is 0 Å². The molecular weight excluding hydrogens is 1630 g/mol. The van der Waals surface area contributed by atoms with E-state index in [0.717, 1.165) is 180 Å². The quantitative estimate of drug-likeness (QED) is 0.127. The molecule has 0 aliphatic carbocycles. The predicted molar refractivity (Wildman–Crippen MR) is 542 cm³/mol. The van der Waals surface area contributed by atoms with Crippen molar-refractivity contribution >= 4 is 87.2 Å². The molecule has 4 aromatic heterocycles. The molecule has 11 nitrogen and oxygen atoms in total. The van der Waals surface area contributed by atoms with E-state index in [4.69, 9.17) is 34.1 Å². The van der Waals surface area contributed by atoms with Crippen molar-refractivity contribution < 1.29 is 14.2 Å². The van der Waals surface area contributed by atoms with Crippen LogP contribution in [0.1, 0.15) is 0 Å². The second kappa shape index (κ2) is 31.5. The minimum atomic E-state index is 0.808. The summed E-state index contributed by atoms with van der Waals surface area (Å²) >= 11 is 0. The normalized spacial score (nSPS) is 11.9. The minimum Gasteiger partial charge on any atom is -0.453 e. The van der Waals surface area contributed by atoms with Gasteiger partial charge in [0.2, 0.25) is 0 Å². The number of imidazole rings is 4. The summed E-state index contributed by atoms with van der Waals surface area (Å²) in [4.78, 5) is 20.1. The van der Waals surface area contributed by atoms with Gasteiger partial charge in [0.05, 0.1) is 44.6 Å². The van der Waals surface area contributed by atoms with E-state index in [1.165, 1.54) is 76.5 Å². The summed E-state index contributed by atoms with van der Waals surface area (Å²) in [5.74, 6) is 8.55. The first-order valence-corrected chi connectivity index (χ1v) is 44.8. The van der Waals surface area contributed by atoms with Gasteiger partial charge >= 0.3 is 0 Å². The molecule has 0 fully saturated rings. The maximum absolute atomic E-state index is 6.63. The van der Waals surface area contributed by atoms with Crippen molar-refractivity contribution in [2.24, 2.45) is 0 Å². The predicted octanol–water partition coefficient (Wildman–Crippen LogP) is 32.0. The lowest BCUT2D eigenvalue weighted by molar-refractivity contribution is 0.476. The fraction of sp³-hybridized carbons (Fsp3) is 0. The number of fused-ring (bicyclic) bond motifs is 11. The Morgan fingerprint density at radius 3 is 0.797 bits per heavy atom. The molecule has 0 radical (unpaired) electrons. The molecule has 7 heterocycles. The Morgan fingerprint density at radius 1 is 0.150 bits per heavy atom. The van der Waals surface area contributed by atoms with E-state index >= 15 is 0 Å². The Morgan fingerprint density at radius 2 is 0.406 bits per heavy atom. The fourth-order valence-electron chi connectivity index (χ4n) is 19.5. The van der Waals surface area contributed by atoms with Gasteiger partial charge in [-0.3, -0.25) is 18.3 Å². The van der Waals surface area contributed by atoms with E-state index in [-0.39, 0.29) is 0 Å². The smallest absolute Gasteiger partial charge is 0.153 e. The molecule has 622 valence electrons. The standard InChI is InChI=1S/C45H28N2O.C39H24N2O.C38H24N4O/c1-2-11-31(12-3-1)45-46-40-15-8-16-42-44(40)47(45)41-22-21-36(28-43(41)48-42)39-26-37(34-19-17-29-9-4-6-13-32(29)23-34)25-38(27-39)35-20-18-30-10-5-7-14-33(30)24-35;1-2-8-26(9-3-1)39-40-34-11-6-12-36-38(34)41(39)35-20-19-33(24-37(35)42-36)32-18-17-30-22-29(15-16-31(30)23-32)28-14-13-25-7-4-5-10-27(25)21-28;1-3-10-26(11-4-1)38-40-31-15-9-17-34-36(31)42(38)33-23-22-28(24-35(33)43-34)25-18-20-27(21-19-25)37-39-30-14-7-8-16-32(30)41(37)29-12-5-2-6-13-29/h1-28H;1-24H;1-24H. The number of para-hydroxylation sites is 6. The van der Waals surface area contributed by atoms with Gasteiger partial charge in [-0.1, -0.05) is 315 Å². The maximum atomic E-state index is 6.63. The summed E-state index contributed by atoms with van der Waals surface area (Å²) in [6, 6.07) is 162. The molecule has 0 atom stereocenters. The van der Waals surface area contributed by atoms with E-state index in [0.29, 0.717) is 0 Å². The van der Waals surface area contributed by atoms with Crippen molar-refractivity contribution in [3.63, 3.8) is 0 Å². The van der Waals surface area contributed by atoms with Gasteiger partial charge in [0, 0.05) is 27.9 Å². The Balaban J connectivity index is 0.000000105. The van der Waals surface area contributed by atoms with E-state index < -0.39 is 0 Å². The molecule has 0 spiro atoms. The Kier molecular flexibility index (Phi) is 18.0. The van der Waals surface area contributed by atoms with Crippen molar-refractivity contribution in [1.82, 2.24) is 38.2 Å². The van der Waals surface area contributed by atoms with Gasteiger partial charge in [-0.05, 0) is 255 Å². The Labute approximate surface area is 765 Å². The summed E-state index contributed by atoms with van der Waals surface area (Å²) in [6.07, 6.45) is 0. The van der Waals surface area contributed by atoms with Crippen molar-refractivity contribution in [1.29, 1.82) is 0 Å². The molecule has 0 unspecified atom stereocenters. The lowest BCUT2D eigenvalue weighted by Gasteiger charge is -2.22. The Hall–Kier alpha value is -18.1. The molecule has 25 aromatic rings. The van der Waals surface area contributed by atoms with Gasteiger partial charge < -0.3 is 14.2 Å². The van der Waals surface area contributed by atoms with Crippen molar-refractivity contribution in [2.45, 2.75) is 0 Å². The molecule has 3 aliphatic heterocycles. The molecule has 3 aliphatic rings. The number of hydrogen-bond acceptors (Lipinski definition) is 7. The van der Waals surface area contributed by atoms with Crippen LogP contribution in [0.2, 0.25) is 0 Å². The third-order valence-electron chi connectivity index (χ3n) is 26.0. The molecule has 0 N–H and O–H groups in total. The van der Waals surface area contributed by atoms with Crippen LogP contribution in [0, 0.1) is 0 Å². The first-order valence-electron chi connectivity index (χ1n) is 44.8. The van der Waals surface area contributed by atoms with Gasteiger partial charge in [0.1, 0.15) is 39.8 Å². The topological polar surface area (TPSA) is 99.0 Å². The van der Waals surface area contributed by atoms with E-state index in [2.05, 4.69) is 388 Å². The van der Waals surface area contributed by atoms with Crippen LogP contribution in [0.5, 0.6) is 34.5 Å². The molecule has 28 rings (SSSR count). The van der Waals surface area contributed by atoms with Crippen LogP contribution in [0.3, 0.4) is 0 Å². The molecular formula is C122H76N8O3. The highest BCUT2D eigenvalue weighted by Gasteiger charge is 2.30. The molecule has 21 aromatic carbocycles. The zero-order valence-electron chi connectivity index (χ0n) is 71.7. The van der Waals surface area contributed by atoms with E-state index in [1.807, 2.05) is 91.0 Å². The average molecular weight is 1700 g/mol. The second-order valence-corrected chi connectivity index (χ2v) is 34.1. The van der Waals surface area contributed by atoms with Crippen LogP contribution in [0.15, 0.2) is 461 Å². The maximum Gasteiger partial charge on any atom is 0.153 e. The lowest BCUT2D eigenvalue weighted by atomic mass is 9.91. The van der Waals surface area contributed by atoms with Crippen LogP contribution in [-0.4, -0.2) is 38.2 Å². The summed E-state index contributed by atoms with van der Waals surface area (Å²) in [6.45, 7) is 0. The highest BCUT2D eigenvalue weighted by molar-refractivity contribution is 5.99. The van der Waals surface area contributed by atoms with Gasteiger partial charge in [0.25, 0.3) is 0 Å². The van der Waals surface area contributed by atoms with Crippen LogP contribution < -0.4 is 14.2 Å². The SMILES string of the molecule is c1ccc(-c2nc3cccc4c3n2-c2ccc(-c3cc(-c5ccc6ccccc6c5)cc(-c5ccc6ccccc6c5)c3)cc2O4)cc1.c1ccc(-c2nc3cccc4c3n2-c2ccc(-c3ccc(-c5nc6ccccc6n5-c5ccccc5)cc3)cc2O4)cc1.c1ccc(-c2nc3cccc4c3n2-c2ccc(-c3ccc5cc(-c6ccc7ccccc7c6)ccc5c3)cc2O4)cc1. The van der Waals surface area contributed by atoms with Crippen molar-refractivity contribution in [3.8, 4) is 170 Å². The highest BCUT2D eigenvalue weighted by Crippen LogP contribution is 2.51. The number of benzene rings is 21. The summed E-state index contributed by atoms with van der Waals surface area (Å²) in [7, 11) is 0. The fourth-order valence-corrected chi connectivity index (χ4v) is 19.5. The molecule has 0 saturated carbocycles. The number of nitrogens with zero attached hydrogens (tertiary/aromatic N) is 8. The molecule has 0 saturated heterocycles. The largest absolute Gasteiger partial charge is 0.453 e. The monoisotopic (exact) mass is 1700 g/mol. The third kappa shape index (κ3) is 13.4. The number of ether oxygens (including phenoxy) is 3. The third-order valence-corrected chi connectivity index (χ3v) is 26.0. The van der Waals surface area contributed by atoms with Gasteiger partial charge in [-0.25, -0.2) is 19.9 Å². The lowest BCUT2D eigenvalue weighted by Crippen LogP contribution is -2.06. The van der Waals surface area contributed by atoms with Crippen LogP contribution in [0.4, 0.5) is 0 Å². The van der Waals surface area contributed by atoms with Crippen LogP contribution in [-0.2, 0) is 0 Å². The summed E-state index contributed by atoms with van der Waals surface area (Å²) < 4.78 is 28.5. The first kappa shape index (κ1) is 76.2. The van der Waals surface area contributed by atoms with E-state index in [9.17, 15) is 0 Å². The second-order valence-electron chi connectivity index (χ2n) is 34.1. The molecule has 133 heavy (non-hydrogen) atoms.